The van der Waals surface area contributed by atoms with E-state index >= 15 is 0 Å². The topological polar surface area (TPSA) is 83.8 Å². The van der Waals surface area contributed by atoms with Gasteiger partial charge < -0.3 is 11.1 Å². The van der Waals surface area contributed by atoms with Crippen molar-refractivity contribution in [1.82, 2.24) is 15.5 Å². The molecule has 0 spiro atoms. The van der Waals surface area contributed by atoms with Crippen LogP contribution in [0.4, 0.5) is 0 Å². The lowest BCUT2D eigenvalue weighted by atomic mass is 9.79. The Hall–Kier alpha value is -1.36. The predicted octanol–water partition coefficient (Wildman–Crippen LogP) is 1.63. The maximum atomic E-state index is 12.5. The van der Waals surface area contributed by atoms with Gasteiger partial charge in [0.15, 0.2) is 0 Å². The molecule has 2 rings (SSSR count). The van der Waals surface area contributed by atoms with Crippen molar-refractivity contribution >= 4 is 5.91 Å². The zero-order chi connectivity index (χ0) is 13.7. The molecule has 1 aliphatic carbocycles. The quantitative estimate of drug-likeness (QED) is 0.723. The molecular formula is C14H24N4O. The number of hydrogen-bond acceptors (Lipinski definition) is 3. The molecule has 19 heavy (non-hydrogen) atoms. The molecule has 1 fully saturated rings. The number of nitrogens with one attached hydrogen (secondary N) is 2. The zero-order valence-electron chi connectivity index (χ0n) is 11.7. The van der Waals surface area contributed by atoms with Crippen molar-refractivity contribution < 1.29 is 4.79 Å². The molecule has 1 amide bonds. The smallest absolute Gasteiger partial charge is 0.227 e. The van der Waals surface area contributed by atoms with Crippen LogP contribution in [0.15, 0.2) is 6.20 Å². The molecule has 1 heterocycles. The Morgan fingerprint density at radius 2 is 2.11 bits per heavy atom. The average Bonchev–Trinajstić information content (AvgIpc) is 2.68. The van der Waals surface area contributed by atoms with E-state index in [1.54, 1.807) is 6.20 Å². The number of amides is 1. The van der Waals surface area contributed by atoms with E-state index in [0.29, 0.717) is 13.1 Å². The van der Waals surface area contributed by atoms with Gasteiger partial charge in [-0.25, -0.2) is 0 Å². The van der Waals surface area contributed by atoms with E-state index in [-0.39, 0.29) is 11.3 Å². The summed E-state index contributed by atoms with van der Waals surface area (Å²) in [6, 6.07) is 0. The molecular weight excluding hydrogens is 240 g/mol. The summed E-state index contributed by atoms with van der Waals surface area (Å²) in [7, 11) is 0. The summed E-state index contributed by atoms with van der Waals surface area (Å²) in [5.41, 5.74) is 7.59. The van der Waals surface area contributed by atoms with Gasteiger partial charge in [0.1, 0.15) is 0 Å². The Labute approximate surface area is 114 Å². The number of aromatic nitrogens is 2. The van der Waals surface area contributed by atoms with Gasteiger partial charge in [-0.1, -0.05) is 25.7 Å². The molecule has 0 aliphatic heterocycles. The van der Waals surface area contributed by atoms with Crippen LogP contribution < -0.4 is 11.1 Å². The van der Waals surface area contributed by atoms with Crippen LogP contribution in [0.2, 0.25) is 0 Å². The number of H-pyrrole nitrogens is 1. The van der Waals surface area contributed by atoms with Crippen molar-refractivity contribution in [3.63, 3.8) is 0 Å². The monoisotopic (exact) mass is 264 g/mol. The largest absolute Gasteiger partial charge is 0.351 e. The van der Waals surface area contributed by atoms with Crippen molar-refractivity contribution in [2.45, 2.75) is 52.0 Å². The third-order valence-corrected chi connectivity index (χ3v) is 4.31. The highest BCUT2D eigenvalue weighted by molar-refractivity contribution is 5.82. The second-order valence-corrected chi connectivity index (χ2v) is 5.60. The maximum Gasteiger partial charge on any atom is 0.227 e. The van der Waals surface area contributed by atoms with Crippen molar-refractivity contribution in [2.75, 3.05) is 6.54 Å². The van der Waals surface area contributed by atoms with Gasteiger partial charge in [0.05, 0.1) is 11.6 Å². The summed E-state index contributed by atoms with van der Waals surface area (Å²) >= 11 is 0. The summed E-state index contributed by atoms with van der Waals surface area (Å²) in [4.78, 5) is 12.5. The highest BCUT2D eigenvalue weighted by Crippen LogP contribution is 2.34. The first-order valence-electron chi connectivity index (χ1n) is 7.15. The number of carbonyl (C=O) groups is 1. The lowest BCUT2D eigenvalue weighted by Gasteiger charge is -2.29. The highest BCUT2D eigenvalue weighted by atomic mass is 16.2. The molecule has 0 aromatic carbocycles. The number of aryl methyl sites for hydroxylation is 1. The van der Waals surface area contributed by atoms with Gasteiger partial charge in [-0.05, 0) is 19.8 Å². The first-order valence-corrected chi connectivity index (χ1v) is 7.15. The predicted molar refractivity (Wildman–Crippen MR) is 74.4 cm³/mol. The number of rotatable bonds is 4. The van der Waals surface area contributed by atoms with E-state index in [9.17, 15) is 4.79 Å². The molecule has 1 aromatic heterocycles. The minimum atomic E-state index is -0.353. The number of carbonyl (C=O) groups excluding carboxylic acids is 1. The van der Waals surface area contributed by atoms with Crippen LogP contribution in [0.3, 0.4) is 0 Å². The zero-order valence-corrected chi connectivity index (χ0v) is 11.7. The van der Waals surface area contributed by atoms with Crippen LogP contribution in [-0.4, -0.2) is 22.6 Å². The van der Waals surface area contributed by atoms with E-state index in [1.807, 2.05) is 6.92 Å². The molecule has 0 saturated heterocycles. The maximum absolute atomic E-state index is 12.5. The van der Waals surface area contributed by atoms with Gasteiger partial charge in [-0.2, -0.15) is 5.10 Å². The molecule has 0 atom stereocenters. The third kappa shape index (κ3) is 3.15. The molecule has 1 aromatic rings. The van der Waals surface area contributed by atoms with Crippen LogP contribution in [0.5, 0.6) is 0 Å². The second kappa shape index (κ2) is 6.19. The Balaban J connectivity index is 1.98. The number of nitrogens with two attached hydrogens (primary N) is 1. The summed E-state index contributed by atoms with van der Waals surface area (Å²) in [5, 5.41) is 9.88. The lowest BCUT2D eigenvalue weighted by Crippen LogP contribution is -2.45. The van der Waals surface area contributed by atoms with Crippen LogP contribution in [0.1, 0.15) is 49.8 Å². The summed E-state index contributed by atoms with van der Waals surface area (Å²) in [5.74, 6) is 0.109. The first kappa shape index (κ1) is 14.1. The van der Waals surface area contributed by atoms with E-state index in [0.717, 1.165) is 36.9 Å². The van der Waals surface area contributed by atoms with Gasteiger partial charge in [-0.3, -0.25) is 9.89 Å². The van der Waals surface area contributed by atoms with E-state index in [2.05, 4.69) is 15.5 Å². The fraction of sp³-hybridized carbons (Fsp3) is 0.714. The standard InChI is InChI=1S/C14H24N4O/c1-11-12(9-17-18-11)8-16-13(19)14(10-15)6-4-2-3-5-7-14/h9H,2-8,10,15H2,1H3,(H,16,19)(H,17,18). The van der Waals surface area contributed by atoms with Crippen molar-refractivity contribution in [1.29, 1.82) is 0 Å². The number of hydrogen-bond donors (Lipinski definition) is 3. The van der Waals surface area contributed by atoms with E-state index in [4.69, 9.17) is 5.73 Å². The second-order valence-electron chi connectivity index (χ2n) is 5.60. The van der Waals surface area contributed by atoms with Crippen molar-refractivity contribution in [3.05, 3.63) is 17.5 Å². The van der Waals surface area contributed by atoms with Gasteiger partial charge in [0.2, 0.25) is 5.91 Å². The van der Waals surface area contributed by atoms with Gasteiger partial charge in [0, 0.05) is 24.3 Å². The molecule has 5 heteroatoms. The molecule has 1 saturated carbocycles. The van der Waals surface area contributed by atoms with Gasteiger partial charge in [0.25, 0.3) is 0 Å². The fourth-order valence-electron chi connectivity index (χ4n) is 2.85. The first-order chi connectivity index (χ1) is 9.18. The molecule has 0 radical (unpaired) electrons. The van der Waals surface area contributed by atoms with Gasteiger partial charge >= 0.3 is 0 Å². The summed E-state index contributed by atoms with van der Waals surface area (Å²) < 4.78 is 0. The van der Waals surface area contributed by atoms with Crippen LogP contribution in [-0.2, 0) is 11.3 Å². The Kier molecular flexibility index (Phi) is 4.58. The number of aromatic amines is 1. The summed E-state index contributed by atoms with van der Waals surface area (Å²) in [6.45, 7) is 2.94. The molecule has 4 N–H and O–H groups in total. The molecule has 0 bridgehead atoms. The fourth-order valence-corrected chi connectivity index (χ4v) is 2.85. The summed E-state index contributed by atoms with van der Waals surface area (Å²) in [6.07, 6.45) is 8.24. The van der Waals surface area contributed by atoms with Gasteiger partial charge in [-0.15, -0.1) is 0 Å². The molecule has 5 nitrogen and oxygen atoms in total. The van der Waals surface area contributed by atoms with Crippen LogP contribution in [0, 0.1) is 12.3 Å². The minimum Gasteiger partial charge on any atom is -0.351 e. The van der Waals surface area contributed by atoms with E-state index in [1.165, 1.54) is 12.8 Å². The Morgan fingerprint density at radius 3 is 2.63 bits per heavy atom. The minimum absolute atomic E-state index is 0.109. The molecule has 106 valence electrons. The average molecular weight is 264 g/mol. The molecule has 0 unspecified atom stereocenters. The Bertz CT molecular complexity index is 419. The number of nitrogens with zero attached hydrogens (tertiary/aromatic N) is 1. The third-order valence-electron chi connectivity index (χ3n) is 4.31. The SMILES string of the molecule is Cc1[nH]ncc1CNC(=O)C1(CN)CCCCCC1. The normalized spacial score (nSPS) is 18.8. The highest BCUT2D eigenvalue weighted by Gasteiger charge is 2.36. The molecule has 1 aliphatic rings. The Morgan fingerprint density at radius 1 is 1.42 bits per heavy atom. The van der Waals surface area contributed by atoms with Crippen molar-refractivity contribution in [2.24, 2.45) is 11.1 Å². The van der Waals surface area contributed by atoms with E-state index < -0.39 is 0 Å². The van der Waals surface area contributed by atoms with Crippen molar-refractivity contribution in [3.8, 4) is 0 Å². The lowest BCUT2D eigenvalue weighted by molar-refractivity contribution is -0.131. The van der Waals surface area contributed by atoms with Crippen LogP contribution in [0.25, 0.3) is 0 Å². The van der Waals surface area contributed by atoms with Crippen LogP contribution >= 0.6 is 0 Å².